The predicted octanol–water partition coefficient (Wildman–Crippen LogP) is 6.34. The number of amides is 1. The second-order valence-electron chi connectivity index (χ2n) is 6.53. The van der Waals surface area contributed by atoms with Crippen molar-refractivity contribution in [3.63, 3.8) is 0 Å². The normalized spacial score (nSPS) is 11.0. The Balaban J connectivity index is 1.63. The number of anilines is 1. The maximum Gasteiger partial charge on any atom is 0.224 e. The SMILES string of the molecule is CC(C)c1ccccc1NC(=O)CCc1ncc(-c2ccc(Cl)cc2Cl)o1. The highest BCUT2D eigenvalue weighted by Gasteiger charge is 2.13. The molecule has 6 heteroatoms. The van der Waals surface area contributed by atoms with E-state index in [1.54, 1.807) is 24.4 Å². The second-order valence-corrected chi connectivity index (χ2v) is 7.38. The van der Waals surface area contributed by atoms with Gasteiger partial charge in [0, 0.05) is 29.1 Å². The summed E-state index contributed by atoms with van der Waals surface area (Å²) < 4.78 is 5.73. The Labute approximate surface area is 168 Å². The van der Waals surface area contributed by atoms with Crippen LogP contribution in [0.2, 0.25) is 10.0 Å². The zero-order valence-electron chi connectivity index (χ0n) is 15.1. The number of aryl methyl sites for hydroxylation is 1. The van der Waals surface area contributed by atoms with E-state index in [0.717, 1.165) is 16.8 Å². The molecular formula is C21H20Cl2N2O2. The maximum absolute atomic E-state index is 12.3. The summed E-state index contributed by atoms with van der Waals surface area (Å²) in [6, 6.07) is 13.0. The molecule has 1 N–H and O–H groups in total. The fraction of sp³-hybridized carbons (Fsp3) is 0.238. The summed E-state index contributed by atoms with van der Waals surface area (Å²) in [4.78, 5) is 16.6. The van der Waals surface area contributed by atoms with Crippen molar-refractivity contribution in [2.45, 2.75) is 32.6 Å². The maximum atomic E-state index is 12.3. The van der Waals surface area contributed by atoms with Crippen molar-refractivity contribution in [3.05, 3.63) is 70.2 Å². The molecule has 0 atom stereocenters. The minimum Gasteiger partial charge on any atom is -0.441 e. The lowest BCUT2D eigenvalue weighted by Gasteiger charge is -2.13. The molecule has 0 radical (unpaired) electrons. The first-order valence-electron chi connectivity index (χ1n) is 8.73. The van der Waals surface area contributed by atoms with Gasteiger partial charge in [0.1, 0.15) is 0 Å². The number of nitrogens with zero attached hydrogens (tertiary/aromatic N) is 1. The van der Waals surface area contributed by atoms with Gasteiger partial charge in [-0.05, 0) is 35.7 Å². The number of hydrogen-bond donors (Lipinski definition) is 1. The molecule has 0 aliphatic rings. The smallest absolute Gasteiger partial charge is 0.224 e. The molecule has 0 aliphatic carbocycles. The Kier molecular flexibility index (Phi) is 6.19. The lowest BCUT2D eigenvalue weighted by atomic mass is 10.0. The molecule has 4 nitrogen and oxygen atoms in total. The summed E-state index contributed by atoms with van der Waals surface area (Å²) in [5.74, 6) is 1.30. The number of benzene rings is 2. The van der Waals surface area contributed by atoms with Crippen molar-refractivity contribution in [1.29, 1.82) is 0 Å². The van der Waals surface area contributed by atoms with Crippen LogP contribution >= 0.6 is 23.2 Å². The molecule has 140 valence electrons. The van der Waals surface area contributed by atoms with Crippen molar-refractivity contribution >= 4 is 34.8 Å². The molecule has 0 spiro atoms. The first-order valence-corrected chi connectivity index (χ1v) is 9.48. The standard InChI is InChI=1S/C21H20Cl2N2O2/c1-13(2)15-5-3-4-6-18(15)25-20(26)9-10-21-24-12-19(27-21)16-8-7-14(22)11-17(16)23/h3-8,11-13H,9-10H2,1-2H3,(H,25,26). The van der Waals surface area contributed by atoms with Crippen molar-refractivity contribution in [3.8, 4) is 11.3 Å². The molecule has 0 aliphatic heterocycles. The van der Waals surface area contributed by atoms with E-state index >= 15 is 0 Å². The molecule has 0 bridgehead atoms. The lowest BCUT2D eigenvalue weighted by molar-refractivity contribution is -0.116. The Morgan fingerprint density at radius 1 is 1.19 bits per heavy atom. The van der Waals surface area contributed by atoms with Crippen LogP contribution in [0.15, 0.2) is 53.1 Å². The molecule has 0 saturated carbocycles. The van der Waals surface area contributed by atoms with Crippen molar-refractivity contribution in [2.75, 3.05) is 5.32 Å². The Hall–Kier alpha value is -2.30. The van der Waals surface area contributed by atoms with Crippen LogP contribution in [-0.4, -0.2) is 10.9 Å². The average molecular weight is 403 g/mol. The van der Waals surface area contributed by atoms with E-state index in [1.807, 2.05) is 24.3 Å². The van der Waals surface area contributed by atoms with Crippen LogP contribution in [0.1, 0.15) is 37.6 Å². The van der Waals surface area contributed by atoms with E-state index in [9.17, 15) is 4.79 Å². The largest absolute Gasteiger partial charge is 0.441 e. The first-order chi connectivity index (χ1) is 12.9. The van der Waals surface area contributed by atoms with Gasteiger partial charge in [-0.3, -0.25) is 4.79 Å². The molecule has 0 fully saturated rings. The quantitative estimate of drug-likeness (QED) is 0.522. The van der Waals surface area contributed by atoms with Crippen LogP contribution in [0.5, 0.6) is 0 Å². The summed E-state index contributed by atoms with van der Waals surface area (Å²) in [6.07, 6.45) is 2.29. The summed E-state index contributed by atoms with van der Waals surface area (Å²) in [5, 5.41) is 4.02. The Morgan fingerprint density at radius 2 is 1.96 bits per heavy atom. The van der Waals surface area contributed by atoms with Crippen molar-refractivity contribution in [2.24, 2.45) is 0 Å². The number of aromatic nitrogens is 1. The number of rotatable bonds is 6. The van der Waals surface area contributed by atoms with Crippen molar-refractivity contribution < 1.29 is 9.21 Å². The minimum absolute atomic E-state index is 0.0765. The molecule has 3 rings (SSSR count). The van der Waals surface area contributed by atoms with Crippen LogP contribution in [-0.2, 0) is 11.2 Å². The van der Waals surface area contributed by atoms with E-state index < -0.39 is 0 Å². The highest BCUT2D eigenvalue weighted by atomic mass is 35.5. The van der Waals surface area contributed by atoms with Gasteiger partial charge in [-0.15, -0.1) is 0 Å². The van der Waals surface area contributed by atoms with Gasteiger partial charge in [-0.1, -0.05) is 55.2 Å². The molecule has 1 amide bonds. The van der Waals surface area contributed by atoms with E-state index in [-0.39, 0.29) is 12.3 Å². The predicted molar refractivity (Wildman–Crippen MR) is 109 cm³/mol. The van der Waals surface area contributed by atoms with Crippen LogP contribution in [0.25, 0.3) is 11.3 Å². The molecule has 2 aromatic carbocycles. The minimum atomic E-state index is -0.0765. The number of oxazole rings is 1. The fourth-order valence-electron chi connectivity index (χ4n) is 2.79. The third-order valence-electron chi connectivity index (χ3n) is 4.17. The van der Waals surface area contributed by atoms with Crippen LogP contribution in [0.4, 0.5) is 5.69 Å². The topological polar surface area (TPSA) is 55.1 Å². The van der Waals surface area contributed by atoms with E-state index in [1.165, 1.54) is 0 Å². The summed E-state index contributed by atoms with van der Waals surface area (Å²) in [5.41, 5.74) is 2.68. The number of carbonyl (C=O) groups excluding carboxylic acids is 1. The Morgan fingerprint density at radius 3 is 2.70 bits per heavy atom. The molecule has 0 unspecified atom stereocenters. The van der Waals surface area contributed by atoms with E-state index in [2.05, 4.69) is 24.1 Å². The summed E-state index contributed by atoms with van der Waals surface area (Å²) in [7, 11) is 0. The zero-order chi connectivity index (χ0) is 19.4. The zero-order valence-corrected chi connectivity index (χ0v) is 16.6. The van der Waals surface area contributed by atoms with Crippen molar-refractivity contribution in [1.82, 2.24) is 4.98 Å². The summed E-state index contributed by atoms with van der Waals surface area (Å²) >= 11 is 12.1. The molecular weight excluding hydrogens is 383 g/mol. The van der Waals surface area contributed by atoms with Crippen LogP contribution in [0, 0.1) is 0 Å². The Bertz CT molecular complexity index is 951. The first kappa shape index (κ1) is 19.5. The van der Waals surface area contributed by atoms with Gasteiger partial charge < -0.3 is 9.73 Å². The van der Waals surface area contributed by atoms with Gasteiger partial charge in [0.25, 0.3) is 0 Å². The highest BCUT2D eigenvalue weighted by molar-refractivity contribution is 6.36. The van der Waals surface area contributed by atoms with Gasteiger partial charge >= 0.3 is 0 Å². The van der Waals surface area contributed by atoms with Gasteiger partial charge in [0.05, 0.1) is 11.2 Å². The molecule has 1 aromatic heterocycles. The second kappa shape index (κ2) is 8.59. The van der Waals surface area contributed by atoms with Gasteiger partial charge in [-0.2, -0.15) is 0 Å². The number of halogens is 2. The monoisotopic (exact) mass is 402 g/mol. The van der Waals surface area contributed by atoms with E-state index in [4.69, 9.17) is 27.6 Å². The summed E-state index contributed by atoms with van der Waals surface area (Å²) in [6.45, 7) is 4.20. The molecule has 0 saturated heterocycles. The number of para-hydroxylation sites is 1. The number of hydrogen-bond acceptors (Lipinski definition) is 3. The third kappa shape index (κ3) is 4.90. The number of nitrogens with one attached hydrogen (secondary N) is 1. The lowest BCUT2D eigenvalue weighted by Crippen LogP contribution is -2.14. The molecule has 3 aromatic rings. The third-order valence-corrected chi connectivity index (χ3v) is 4.72. The van der Waals surface area contributed by atoms with Gasteiger partial charge in [0.15, 0.2) is 11.7 Å². The van der Waals surface area contributed by atoms with Gasteiger partial charge in [-0.25, -0.2) is 4.98 Å². The highest BCUT2D eigenvalue weighted by Crippen LogP contribution is 2.31. The number of carbonyl (C=O) groups is 1. The fourth-order valence-corrected chi connectivity index (χ4v) is 3.29. The average Bonchev–Trinajstić information content (AvgIpc) is 3.09. The molecule has 1 heterocycles. The van der Waals surface area contributed by atoms with E-state index in [0.29, 0.717) is 34.0 Å². The van der Waals surface area contributed by atoms with Crippen LogP contribution in [0.3, 0.4) is 0 Å². The molecule has 27 heavy (non-hydrogen) atoms. The van der Waals surface area contributed by atoms with Crippen LogP contribution < -0.4 is 5.32 Å². The van der Waals surface area contributed by atoms with Gasteiger partial charge in [0.2, 0.25) is 5.91 Å².